The van der Waals surface area contributed by atoms with Gasteiger partial charge in [-0.15, -0.1) is 0 Å². The minimum atomic E-state index is -0.858. The van der Waals surface area contributed by atoms with E-state index >= 15 is 0 Å². The Morgan fingerprint density at radius 1 is 1.12 bits per heavy atom. The van der Waals surface area contributed by atoms with Crippen molar-refractivity contribution < 1.29 is 23.9 Å². The number of carbonyl (C=O) groups excluding carboxylic acids is 4. The molecule has 1 heterocycles. The van der Waals surface area contributed by atoms with Gasteiger partial charge in [0.15, 0.2) is 5.12 Å². The van der Waals surface area contributed by atoms with E-state index in [1.807, 2.05) is 44.2 Å². The second kappa shape index (κ2) is 12.4. The second-order valence-corrected chi connectivity index (χ2v) is 11.2. The number of carbonyl (C=O) groups is 4. The SMILES string of the molecule is CC(C)C(=O)SCC(C)C(=O)N1CCC[C@H]1C(=O)N[C@@H](Cc1ccccc1)C(=O)OC(C)(C)C. The summed E-state index contributed by atoms with van der Waals surface area (Å²) in [6.07, 6.45) is 1.55. The summed E-state index contributed by atoms with van der Waals surface area (Å²) < 4.78 is 5.55. The van der Waals surface area contributed by atoms with E-state index in [1.54, 1.807) is 32.6 Å². The van der Waals surface area contributed by atoms with Crippen molar-refractivity contribution in [3.05, 3.63) is 35.9 Å². The molecule has 1 aromatic rings. The Hall–Kier alpha value is -2.35. The van der Waals surface area contributed by atoms with E-state index in [9.17, 15) is 19.2 Å². The number of rotatable bonds is 9. The maximum atomic E-state index is 13.2. The molecule has 1 saturated heterocycles. The van der Waals surface area contributed by atoms with Gasteiger partial charge in [0.2, 0.25) is 11.8 Å². The molecule has 0 spiro atoms. The number of nitrogens with one attached hydrogen (secondary N) is 1. The van der Waals surface area contributed by atoms with Crippen LogP contribution in [0.25, 0.3) is 0 Å². The Labute approximate surface area is 207 Å². The first kappa shape index (κ1) is 27.9. The molecular weight excluding hydrogens is 452 g/mol. The minimum absolute atomic E-state index is 0.0523. The highest BCUT2D eigenvalue weighted by molar-refractivity contribution is 8.13. The molecule has 2 amide bonds. The summed E-state index contributed by atoms with van der Waals surface area (Å²) in [5.74, 6) is -1.08. The van der Waals surface area contributed by atoms with Gasteiger partial charge in [-0.2, -0.15) is 0 Å². The quantitative estimate of drug-likeness (QED) is 0.532. The highest BCUT2D eigenvalue weighted by Crippen LogP contribution is 2.23. The minimum Gasteiger partial charge on any atom is -0.458 e. The Bertz CT molecular complexity index is 866. The molecule has 0 radical (unpaired) electrons. The molecule has 1 aromatic carbocycles. The highest BCUT2D eigenvalue weighted by Gasteiger charge is 2.38. The van der Waals surface area contributed by atoms with Crippen molar-refractivity contribution in [2.75, 3.05) is 12.3 Å². The lowest BCUT2D eigenvalue weighted by molar-refractivity contribution is -0.159. The molecule has 0 aromatic heterocycles. The number of amides is 2. The van der Waals surface area contributed by atoms with Gasteiger partial charge in [-0.3, -0.25) is 14.4 Å². The van der Waals surface area contributed by atoms with Crippen molar-refractivity contribution in [1.82, 2.24) is 10.2 Å². The molecule has 0 aliphatic carbocycles. The molecule has 188 valence electrons. The first-order valence-electron chi connectivity index (χ1n) is 11.9. The van der Waals surface area contributed by atoms with Crippen LogP contribution in [0.1, 0.15) is 59.9 Å². The Balaban J connectivity index is 2.09. The average Bonchev–Trinajstić information content (AvgIpc) is 3.25. The van der Waals surface area contributed by atoms with Crippen molar-refractivity contribution in [2.45, 2.75) is 78.5 Å². The number of benzene rings is 1. The molecule has 1 unspecified atom stereocenters. The Kier molecular flexibility index (Phi) is 10.2. The number of ether oxygens (including phenoxy) is 1. The van der Waals surface area contributed by atoms with E-state index in [-0.39, 0.29) is 28.8 Å². The van der Waals surface area contributed by atoms with Crippen LogP contribution in [0.4, 0.5) is 0 Å². The molecule has 1 aliphatic rings. The monoisotopic (exact) mass is 490 g/mol. The first-order valence-corrected chi connectivity index (χ1v) is 12.9. The molecule has 34 heavy (non-hydrogen) atoms. The Morgan fingerprint density at radius 3 is 2.35 bits per heavy atom. The lowest BCUT2D eigenvalue weighted by atomic mass is 10.0. The summed E-state index contributed by atoms with van der Waals surface area (Å²) in [6.45, 7) is 11.3. The third-order valence-corrected chi connectivity index (χ3v) is 6.92. The molecule has 1 N–H and O–H groups in total. The standard InChI is InChI=1S/C26H38N2O5S/c1-17(2)25(32)34-16-18(3)23(30)28-14-10-13-21(28)22(29)27-20(24(31)33-26(4,5)6)15-19-11-8-7-9-12-19/h7-9,11-12,17-18,20-21H,10,13-16H2,1-6H3,(H,27,29)/t18?,20-,21-/m0/s1. The fourth-order valence-corrected chi connectivity index (χ4v) is 4.61. The summed E-state index contributed by atoms with van der Waals surface area (Å²) in [7, 11) is 0. The lowest BCUT2D eigenvalue weighted by Crippen LogP contribution is -2.53. The Morgan fingerprint density at radius 2 is 1.76 bits per heavy atom. The van der Waals surface area contributed by atoms with Crippen molar-refractivity contribution in [2.24, 2.45) is 11.8 Å². The van der Waals surface area contributed by atoms with Crippen molar-refractivity contribution in [3.63, 3.8) is 0 Å². The van der Waals surface area contributed by atoms with Crippen LogP contribution in [-0.4, -0.2) is 57.8 Å². The van der Waals surface area contributed by atoms with Gasteiger partial charge in [-0.1, -0.05) is 62.9 Å². The van der Waals surface area contributed by atoms with E-state index in [1.165, 1.54) is 0 Å². The molecule has 0 bridgehead atoms. The van der Waals surface area contributed by atoms with Crippen LogP contribution in [0.5, 0.6) is 0 Å². The molecular formula is C26H38N2O5S. The van der Waals surface area contributed by atoms with Crippen LogP contribution in [0.15, 0.2) is 30.3 Å². The third kappa shape index (κ3) is 8.46. The topological polar surface area (TPSA) is 92.8 Å². The van der Waals surface area contributed by atoms with Crippen molar-refractivity contribution in [3.8, 4) is 0 Å². The first-order chi connectivity index (χ1) is 15.9. The third-order valence-electron chi connectivity index (χ3n) is 5.50. The number of likely N-dealkylation sites (tertiary alicyclic amines) is 1. The summed E-state index contributed by atoms with van der Waals surface area (Å²) in [5, 5.41) is 2.90. The molecule has 3 atom stereocenters. The zero-order chi connectivity index (χ0) is 25.5. The lowest BCUT2D eigenvalue weighted by Gasteiger charge is -2.29. The number of nitrogens with zero attached hydrogens (tertiary/aromatic N) is 1. The van der Waals surface area contributed by atoms with Gasteiger partial charge in [0.1, 0.15) is 17.7 Å². The summed E-state index contributed by atoms with van der Waals surface area (Å²) in [5.41, 5.74) is 0.214. The molecule has 8 heteroatoms. The smallest absolute Gasteiger partial charge is 0.329 e. The number of hydrogen-bond donors (Lipinski definition) is 1. The van der Waals surface area contributed by atoms with E-state index < -0.39 is 23.7 Å². The second-order valence-electron chi connectivity index (χ2n) is 10.2. The maximum absolute atomic E-state index is 13.2. The fraction of sp³-hybridized carbons (Fsp3) is 0.615. The molecule has 0 saturated carbocycles. The predicted octanol–water partition coefficient (Wildman–Crippen LogP) is 3.60. The highest BCUT2D eigenvalue weighted by atomic mass is 32.2. The van der Waals surface area contributed by atoms with Crippen LogP contribution in [0.3, 0.4) is 0 Å². The zero-order valence-corrected chi connectivity index (χ0v) is 21.9. The van der Waals surface area contributed by atoms with Crippen LogP contribution in [-0.2, 0) is 30.3 Å². The number of hydrogen-bond acceptors (Lipinski definition) is 6. The predicted molar refractivity (Wildman–Crippen MR) is 134 cm³/mol. The largest absolute Gasteiger partial charge is 0.458 e. The zero-order valence-electron chi connectivity index (χ0n) is 21.1. The normalized spacial score (nSPS) is 17.9. The summed E-state index contributed by atoms with van der Waals surface area (Å²) in [6, 6.07) is 7.94. The summed E-state index contributed by atoms with van der Waals surface area (Å²) >= 11 is 1.16. The van der Waals surface area contributed by atoms with Crippen molar-refractivity contribution >= 4 is 34.7 Å². The van der Waals surface area contributed by atoms with Gasteiger partial charge >= 0.3 is 5.97 Å². The van der Waals surface area contributed by atoms with E-state index in [0.29, 0.717) is 31.6 Å². The average molecular weight is 491 g/mol. The fourth-order valence-electron chi connectivity index (χ4n) is 3.72. The van der Waals surface area contributed by atoms with Gasteiger partial charge in [0, 0.05) is 30.6 Å². The van der Waals surface area contributed by atoms with Gasteiger partial charge in [-0.05, 0) is 39.2 Å². The maximum Gasteiger partial charge on any atom is 0.329 e. The van der Waals surface area contributed by atoms with Gasteiger partial charge in [-0.25, -0.2) is 4.79 Å². The van der Waals surface area contributed by atoms with E-state index in [4.69, 9.17) is 4.74 Å². The van der Waals surface area contributed by atoms with Crippen LogP contribution in [0, 0.1) is 11.8 Å². The number of thioether (sulfide) groups is 1. The van der Waals surface area contributed by atoms with Crippen LogP contribution < -0.4 is 5.32 Å². The summed E-state index contributed by atoms with van der Waals surface area (Å²) in [4.78, 5) is 52.7. The molecule has 2 rings (SSSR count). The molecule has 7 nitrogen and oxygen atoms in total. The van der Waals surface area contributed by atoms with Crippen molar-refractivity contribution in [1.29, 1.82) is 0 Å². The van der Waals surface area contributed by atoms with E-state index in [2.05, 4.69) is 5.32 Å². The van der Waals surface area contributed by atoms with Crippen LogP contribution in [0.2, 0.25) is 0 Å². The van der Waals surface area contributed by atoms with Gasteiger partial charge < -0.3 is 15.0 Å². The van der Waals surface area contributed by atoms with Gasteiger partial charge in [0.05, 0.1) is 0 Å². The van der Waals surface area contributed by atoms with E-state index in [0.717, 1.165) is 17.3 Å². The molecule has 1 fully saturated rings. The number of esters is 1. The molecule has 1 aliphatic heterocycles. The van der Waals surface area contributed by atoms with Crippen LogP contribution >= 0.6 is 11.8 Å². The van der Waals surface area contributed by atoms with Gasteiger partial charge in [0.25, 0.3) is 0 Å².